The summed E-state index contributed by atoms with van der Waals surface area (Å²) in [6, 6.07) is 8.60. The molecule has 0 amide bonds. The lowest BCUT2D eigenvalue weighted by Gasteiger charge is -2.22. The van der Waals surface area contributed by atoms with E-state index >= 15 is 0 Å². The molecule has 0 aliphatic rings. The molecule has 1 aromatic carbocycles. The topological polar surface area (TPSA) is 12.4 Å². The van der Waals surface area contributed by atoms with Crippen LogP contribution in [0.5, 0.6) is 0 Å². The van der Waals surface area contributed by atoms with Crippen LogP contribution in [0.4, 0.5) is 0 Å². The van der Waals surface area contributed by atoms with Gasteiger partial charge in [-0.2, -0.15) is 0 Å². The molecule has 0 aliphatic carbocycles. The number of allylic oxidation sites excluding steroid dienone is 1. The van der Waals surface area contributed by atoms with E-state index in [1.807, 2.05) is 6.20 Å². The van der Waals surface area contributed by atoms with Gasteiger partial charge in [0.25, 0.3) is 0 Å². The molecule has 0 aliphatic heterocycles. The van der Waals surface area contributed by atoms with E-state index in [-0.39, 0.29) is 0 Å². The lowest BCUT2D eigenvalue weighted by Crippen LogP contribution is -2.09. The van der Waals surface area contributed by atoms with Crippen LogP contribution in [0, 0.1) is 18.8 Å². The van der Waals surface area contributed by atoms with Crippen molar-refractivity contribution >= 4 is 12.3 Å². The predicted octanol–water partition coefficient (Wildman–Crippen LogP) is 4.72. The molecule has 0 heterocycles. The van der Waals surface area contributed by atoms with Crippen LogP contribution in [0.15, 0.2) is 35.5 Å². The molecule has 0 saturated heterocycles. The summed E-state index contributed by atoms with van der Waals surface area (Å²) in [7, 11) is 0. The average molecular weight is 229 g/mol. The Labute approximate surface area is 105 Å². The van der Waals surface area contributed by atoms with Crippen LogP contribution in [0.3, 0.4) is 0 Å². The summed E-state index contributed by atoms with van der Waals surface area (Å²) in [5.41, 5.74) is 3.84. The molecule has 92 valence electrons. The van der Waals surface area contributed by atoms with Gasteiger partial charge in [-0.15, -0.1) is 0 Å². The zero-order chi connectivity index (χ0) is 12.8. The molecule has 2 atom stereocenters. The monoisotopic (exact) mass is 229 g/mol. The van der Waals surface area contributed by atoms with E-state index in [4.69, 9.17) is 0 Å². The van der Waals surface area contributed by atoms with Crippen molar-refractivity contribution < 1.29 is 0 Å². The highest BCUT2D eigenvalue weighted by molar-refractivity contribution is 5.68. The minimum atomic E-state index is 0.507. The second kappa shape index (κ2) is 6.39. The Kier molecular flexibility index (Phi) is 5.14. The lowest BCUT2D eigenvalue weighted by atomic mass is 9.83. The molecule has 0 spiro atoms. The Morgan fingerprint density at radius 3 is 2.65 bits per heavy atom. The number of nitrogens with zero attached hydrogens (tertiary/aromatic N) is 1. The first-order chi connectivity index (χ1) is 8.10. The van der Waals surface area contributed by atoms with Gasteiger partial charge in [0.1, 0.15) is 0 Å². The van der Waals surface area contributed by atoms with Crippen LogP contribution in [0.25, 0.3) is 5.57 Å². The van der Waals surface area contributed by atoms with Crippen LogP contribution >= 0.6 is 0 Å². The van der Waals surface area contributed by atoms with Crippen molar-refractivity contribution in [3.05, 3.63) is 41.6 Å². The summed E-state index contributed by atoms with van der Waals surface area (Å²) >= 11 is 0. The number of hydrogen-bond acceptors (Lipinski definition) is 1. The minimum Gasteiger partial charge on any atom is -0.272 e. The Morgan fingerprint density at radius 2 is 2.12 bits per heavy atom. The van der Waals surface area contributed by atoms with Crippen molar-refractivity contribution in [1.29, 1.82) is 0 Å². The van der Waals surface area contributed by atoms with Crippen LogP contribution in [0.1, 0.15) is 38.3 Å². The standard InChI is InChI=1S/C16H23N/c1-6-13(3)14(4)16(11-17-5)15-9-7-8-12(2)10-15/h7-11,13-14H,5-6H2,1-4H3/b16-11+. The Morgan fingerprint density at radius 1 is 1.41 bits per heavy atom. The van der Waals surface area contributed by atoms with Gasteiger partial charge in [-0.3, -0.25) is 4.99 Å². The molecule has 1 rings (SSSR count). The zero-order valence-corrected chi connectivity index (χ0v) is 11.4. The molecule has 0 N–H and O–H groups in total. The maximum atomic E-state index is 3.97. The highest BCUT2D eigenvalue weighted by atomic mass is 14.6. The highest BCUT2D eigenvalue weighted by Gasteiger charge is 2.16. The molecule has 0 saturated carbocycles. The second-order valence-electron chi connectivity index (χ2n) is 4.81. The van der Waals surface area contributed by atoms with Gasteiger partial charge in [-0.1, -0.05) is 57.0 Å². The molecule has 0 aromatic heterocycles. The number of aliphatic imine (C=N–C) groups is 1. The number of rotatable bonds is 5. The fourth-order valence-electron chi connectivity index (χ4n) is 2.04. The first-order valence-corrected chi connectivity index (χ1v) is 6.33. The van der Waals surface area contributed by atoms with E-state index in [1.54, 1.807) is 0 Å². The van der Waals surface area contributed by atoms with E-state index in [0.29, 0.717) is 11.8 Å². The van der Waals surface area contributed by atoms with E-state index in [1.165, 1.54) is 23.1 Å². The minimum absolute atomic E-state index is 0.507. The van der Waals surface area contributed by atoms with Crippen molar-refractivity contribution in [2.24, 2.45) is 16.8 Å². The Hall–Kier alpha value is -1.37. The lowest BCUT2D eigenvalue weighted by molar-refractivity contribution is 0.457. The van der Waals surface area contributed by atoms with Gasteiger partial charge in [-0.05, 0) is 36.6 Å². The second-order valence-corrected chi connectivity index (χ2v) is 4.81. The average Bonchev–Trinajstić information content (AvgIpc) is 2.34. The third-order valence-corrected chi connectivity index (χ3v) is 3.57. The third-order valence-electron chi connectivity index (χ3n) is 3.57. The summed E-state index contributed by atoms with van der Waals surface area (Å²) in [5, 5.41) is 0. The first-order valence-electron chi connectivity index (χ1n) is 6.33. The first kappa shape index (κ1) is 13.7. The van der Waals surface area contributed by atoms with E-state index < -0.39 is 0 Å². The molecule has 17 heavy (non-hydrogen) atoms. The smallest absolute Gasteiger partial charge is 0.0301 e. The van der Waals surface area contributed by atoms with Crippen molar-refractivity contribution in [1.82, 2.24) is 0 Å². The van der Waals surface area contributed by atoms with Crippen molar-refractivity contribution in [3.8, 4) is 0 Å². The Bertz CT molecular complexity index is 404. The molecule has 0 bridgehead atoms. The van der Waals surface area contributed by atoms with Gasteiger partial charge >= 0.3 is 0 Å². The zero-order valence-electron chi connectivity index (χ0n) is 11.4. The maximum Gasteiger partial charge on any atom is 0.0301 e. The fourth-order valence-corrected chi connectivity index (χ4v) is 2.04. The maximum absolute atomic E-state index is 3.97. The van der Waals surface area contributed by atoms with Gasteiger partial charge in [0, 0.05) is 6.20 Å². The van der Waals surface area contributed by atoms with E-state index in [9.17, 15) is 0 Å². The van der Waals surface area contributed by atoms with Crippen LogP contribution in [0.2, 0.25) is 0 Å². The quantitative estimate of drug-likeness (QED) is 0.648. The van der Waals surface area contributed by atoms with Crippen molar-refractivity contribution in [3.63, 3.8) is 0 Å². The Balaban J connectivity index is 3.10. The number of aryl methyl sites for hydroxylation is 1. The molecular formula is C16H23N. The summed E-state index contributed by atoms with van der Waals surface area (Å²) in [5.74, 6) is 1.16. The van der Waals surface area contributed by atoms with Crippen molar-refractivity contribution in [2.45, 2.75) is 34.1 Å². The predicted molar refractivity (Wildman–Crippen MR) is 77.3 cm³/mol. The van der Waals surface area contributed by atoms with Crippen LogP contribution in [-0.4, -0.2) is 6.72 Å². The fraction of sp³-hybridized carbons (Fsp3) is 0.438. The summed E-state index contributed by atoms with van der Waals surface area (Å²) in [4.78, 5) is 3.97. The number of hydrogen-bond donors (Lipinski definition) is 0. The van der Waals surface area contributed by atoms with E-state index in [2.05, 4.69) is 63.7 Å². The van der Waals surface area contributed by atoms with Gasteiger partial charge in [0.15, 0.2) is 0 Å². The van der Waals surface area contributed by atoms with Crippen molar-refractivity contribution in [2.75, 3.05) is 0 Å². The molecule has 1 heteroatoms. The van der Waals surface area contributed by atoms with Gasteiger partial charge < -0.3 is 0 Å². The van der Waals surface area contributed by atoms with Gasteiger partial charge in [0.2, 0.25) is 0 Å². The number of benzene rings is 1. The molecule has 1 nitrogen and oxygen atoms in total. The SMILES string of the molecule is C=N/C=C(/c1cccc(C)c1)C(C)C(C)CC. The largest absolute Gasteiger partial charge is 0.272 e. The molecule has 1 aromatic rings. The summed E-state index contributed by atoms with van der Waals surface area (Å²) in [6.45, 7) is 12.5. The highest BCUT2D eigenvalue weighted by Crippen LogP contribution is 2.31. The molecule has 0 radical (unpaired) electrons. The molecule has 2 unspecified atom stereocenters. The van der Waals surface area contributed by atoms with Crippen LogP contribution < -0.4 is 0 Å². The summed E-state index contributed by atoms with van der Waals surface area (Å²) in [6.07, 6.45) is 3.09. The normalized spacial score (nSPS) is 15.4. The van der Waals surface area contributed by atoms with Crippen LogP contribution in [-0.2, 0) is 0 Å². The van der Waals surface area contributed by atoms with E-state index in [0.717, 1.165) is 0 Å². The van der Waals surface area contributed by atoms with Gasteiger partial charge in [0.05, 0.1) is 0 Å². The molecule has 0 fully saturated rings. The third kappa shape index (κ3) is 3.55. The molecular weight excluding hydrogens is 206 g/mol. The van der Waals surface area contributed by atoms with Gasteiger partial charge in [-0.25, -0.2) is 0 Å². The summed E-state index contributed by atoms with van der Waals surface area (Å²) < 4.78 is 0.